The number of benzene rings is 1. The Balaban J connectivity index is 2.24. The van der Waals surface area contributed by atoms with Crippen molar-refractivity contribution in [2.24, 2.45) is 0 Å². The SMILES string of the molecule is CCC(C)NC(=O)CNCCc1ccc([N+](=O)[O-])cc1. The maximum absolute atomic E-state index is 11.5. The van der Waals surface area contributed by atoms with E-state index >= 15 is 0 Å². The number of amides is 1. The lowest BCUT2D eigenvalue weighted by molar-refractivity contribution is -0.384. The largest absolute Gasteiger partial charge is 0.353 e. The van der Waals surface area contributed by atoms with Crippen LogP contribution in [0.5, 0.6) is 0 Å². The molecule has 0 spiro atoms. The number of rotatable bonds is 8. The van der Waals surface area contributed by atoms with Gasteiger partial charge in [0.2, 0.25) is 5.91 Å². The van der Waals surface area contributed by atoms with Crippen LogP contribution in [-0.2, 0) is 11.2 Å². The van der Waals surface area contributed by atoms with E-state index in [0.29, 0.717) is 6.54 Å². The quantitative estimate of drug-likeness (QED) is 0.430. The van der Waals surface area contributed by atoms with Gasteiger partial charge in [0.1, 0.15) is 0 Å². The van der Waals surface area contributed by atoms with E-state index in [1.54, 1.807) is 12.1 Å². The summed E-state index contributed by atoms with van der Waals surface area (Å²) < 4.78 is 0. The monoisotopic (exact) mass is 279 g/mol. The Morgan fingerprint density at radius 2 is 2.00 bits per heavy atom. The highest BCUT2D eigenvalue weighted by molar-refractivity contribution is 5.78. The van der Waals surface area contributed by atoms with Crippen molar-refractivity contribution in [3.8, 4) is 0 Å². The molecular formula is C14H21N3O3. The summed E-state index contributed by atoms with van der Waals surface area (Å²) in [6.07, 6.45) is 1.64. The number of nitrogens with zero attached hydrogens (tertiary/aromatic N) is 1. The van der Waals surface area contributed by atoms with Gasteiger partial charge in [-0.2, -0.15) is 0 Å². The van der Waals surface area contributed by atoms with Crippen LogP contribution in [0.4, 0.5) is 5.69 Å². The molecule has 1 rings (SSSR count). The molecule has 1 aromatic carbocycles. The van der Waals surface area contributed by atoms with Gasteiger partial charge < -0.3 is 10.6 Å². The third-order valence-corrected chi connectivity index (χ3v) is 3.04. The fourth-order valence-corrected chi connectivity index (χ4v) is 1.65. The van der Waals surface area contributed by atoms with E-state index in [2.05, 4.69) is 10.6 Å². The molecule has 1 unspecified atom stereocenters. The topological polar surface area (TPSA) is 84.3 Å². The van der Waals surface area contributed by atoms with Gasteiger partial charge in [-0.15, -0.1) is 0 Å². The Bertz CT molecular complexity index is 445. The van der Waals surface area contributed by atoms with E-state index in [1.807, 2.05) is 13.8 Å². The third kappa shape index (κ3) is 5.79. The molecule has 110 valence electrons. The molecule has 0 saturated carbocycles. The van der Waals surface area contributed by atoms with E-state index in [9.17, 15) is 14.9 Å². The highest BCUT2D eigenvalue weighted by atomic mass is 16.6. The van der Waals surface area contributed by atoms with Crippen LogP contribution in [0.25, 0.3) is 0 Å². The molecule has 0 aliphatic rings. The summed E-state index contributed by atoms with van der Waals surface area (Å²) in [5.41, 5.74) is 1.10. The molecule has 0 fully saturated rings. The number of hydrogen-bond donors (Lipinski definition) is 2. The average Bonchev–Trinajstić information content (AvgIpc) is 2.44. The molecule has 0 saturated heterocycles. The van der Waals surface area contributed by atoms with E-state index in [0.717, 1.165) is 18.4 Å². The summed E-state index contributed by atoms with van der Waals surface area (Å²) in [7, 11) is 0. The zero-order chi connectivity index (χ0) is 15.0. The van der Waals surface area contributed by atoms with Crippen LogP contribution in [-0.4, -0.2) is 30.0 Å². The molecule has 1 atom stereocenters. The van der Waals surface area contributed by atoms with Gasteiger partial charge in [0, 0.05) is 18.2 Å². The summed E-state index contributed by atoms with van der Waals surface area (Å²) in [4.78, 5) is 21.6. The number of non-ortho nitro benzene ring substituents is 1. The van der Waals surface area contributed by atoms with Gasteiger partial charge in [-0.05, 0) is 31.9 Å². The van der Waals surface area contributed by atoms with E-state index < -0.39 is 4.92 Å². The number of nitro benzene ring substituents is 1. The van der Waals surface area contributed by atoms with Gasteiger partial charge in [-0.1, -0.05) is 19.1 Å². The fourth-order valence-electron chi connectivity index (χ4n) is 1.65. The Hall–Kier alpha value is -1.95. The second kappa shape index (κ2) is 8.27. The Labute approximate surface area is 118 Å². The zero-order valence-corrected chi connectivity index (χ0v) is 11.9. The van der Waals surface area contributed by atoms with Gasteiger partial charge >= 0.3 is 0 Å². The van der Waals surface area contributed by atoms with Gasteiger partial charge in [0.15, 0.2) is 0 Å². The molecule has 0 aliphatic carbocycles. The highest BCUT2D eigenvalue weighted by Crippen LogP contribution is 2.11. The summed E-state index contributed by atoms with van der Waals surface area (Å²) in [6, 6.07) is 6.65. The lowest BCUT2D eigenvalue weighted by Crippen LogP contribution is -2.39. The smallest absolute Gasteiger partial charge is 0.269 e. The number of carbonyl (C=O) groups is 1. The van der Waals surface area contributed by atoms with Crippen LogP contribution in [0.3, 0.4) is 0 Å². The third-order valence-electron chi connectivity index (χ3n) is 3.04. The van der Waals surface area contributed by atoms with Crippen LogP contribution in [0, 0.1) is 10.1 Å². The molecule has 0 heterocycles. The van der Waals surface area contributed by atoms with Crippen molar-refractivity contribution in [1.29, 1.82) is 0 Å². The minimum Gasteiger partial charge on any atom is -0.353 e. The molecule has 0 aliphatic heterocycles. The summed E-state index contributed by atoms with van der Waals surface area (Å²) in [6.45, 7) is 4.94. The number of hydrogen-bond acceptors (Lipinski definition) is 4. The van der Waals surface area contributed by atoms with Crippen molar-refractivity contribution in [3.63, 3.8) is 0 Å². The summed E-state index contributed by atoms with van der Waals surface area (Å²) >= 11 is 0. The predicted molar refractivity (Wildman–Crippen MR) is 77.6 cm³/mol. The molecule has 0 bridgehead atoms. The number of nitro groups is 1. The second-order valence-corrected chi connectivity index (χ2v) is 4.73. The lowest BCUT2D eigenvalue weighted by atomic mass is 10.1. The minimum absolute atomic E-state index is 0.0111. The van der Waals surface area contributed by atoms with Crippen molar-refractivity contribution in [3.05, 3.63) is 39.9 Å². The second-order valence-electron chi connectivity index (χ2n) is 4.73. The van der Waals surface area contributed by atoms with Gasteiger partial charge in [0.25, 0.3) is 5.69 Å². The first-order chi connectivity index (χ1) is 9.52. The number of carbonyl (C=O) groups excluding carboxylic acids is 1. The van der Waals surface area contributed by atoms with Crippen molar-refractivity contribution >= 4 is 11.6 Å². The molecule has 20 heavy (non-hydrogen) atoms. The standard InChI is InChI=1S/C14H21N3O3/c1-3-11(2)16-14(18)10-15-9-8-12-4-6-13(7-5-12)17(19)20/h4-7,11,15H,3,8-10H2,1-2H3,(H,16,18). The van der Waals surface area contributed by atoms with Gasteiger partial charge in [-0.3, -0.25) is 14.9 Å². The zero-order valence-electron chi connectivity index (χ0n) is 11.9. The van der Waals surface area contributed by atoms with Crippen LogP contribution in [0.15, 0.2) is 24.3 Å². The van der Waals surface area contributed by atoms with Crippen LogP contribution >= 0.6 is 0 Å². The summed E-state index contributed by atoms with van der Waals surface area (Å²) in [5.74, 6) is -0.0111. The van der Waals surface area contributed by atoms with Crippen molar-refractivity contribution < 1.29 is 9.72 Å². The van der Waals surface area contributed by atoms with E-state index in [1.165, 1.54) is 12.1 Å². The van der Waals surface area contributed by atoms with Crippen LogP contribution < -0.4 is 10.6 Å². The molecular weight excluding hydrogens is 258 g/mol. The fraction of sp³-hybridized carbons (Fsp3) is 0.500. The van der Waals surface area contributed by atoms with Gasteiger partial charge in [0.05, 0.1) is 11.5 Å². The Morgan fingerprint density at radius 1 is 1.35 bits per heavy atom. The molecule has 1 aromatic rings. The first-order valence-corrected chi connectivity index (χ1v) is 6.76. The first kappa shape index (κ1) is 16.1. The molecule has 0 aromatic heterocycles. The lowest BCUT2D eigenvalue weighted by Gasteiger charge is -2.11. The Morgan fingerprint density at radius 3 is 2.55 bits per heavy atom. The molecule has 6 heteroatoms. The first-order valence-electron chi connectivity index (χ1n) is 6.76. The minimum atomic E-state index is -0.415. The number of nitrogens with one attached hydrogen (secondary N) is 2. The highest BCUT2D eigenvalue weighted by Gasteiger charge is 2.05. The Kier molecular flexibility index (Phi) is 6.66. The van der Waals surface area contributed by atoms with Crippen LogP contribution in [0.2, 0.25) is 0 Å². The van der Waals surface area contributed by atoms with Crippen molar-refractivity contribution in [1.82, 2.24) is 10.6 Å². The maximum Gasteiger partial charge on any atom is 0.269 e. The molecule has 2 N–H and O–H groups in total. The summed E-state index contributed by atoms with van der Waals surface area (Å²) in [5, 5.41) is 16.4. The molecule has 1 amide bonds. The van der Waals surface area contributed by atoms with Gasteiger partial charge in [-0.25, -0.2) is 0 Å². The van der Waals surface area contributed by atoms with Crippen molar-refractivity contribution in [2.45, 2.75) is 32.7 Å². The predicted octanol–water partition coefficient (Wildman–Crippen LogP) is 1.64. The molecule has 0 radical (unpaired) electrons. The normalized spacial score (nSPS) is 11.9. The average molecular weight is 279 g/mol. The maximum atomic E-state index is 11.5. The van der Waals surface area contributed by atoms with E-state index in [4.69, 9.17) is 0 Å². The van der Waals surface area contributed by atoms with Crippen LogP contribution in [0.1, 0.15) is 25.8 Å². The molecule has 6 nitrogen and oxygen atoms in total. The van der Waals surface area contributed by atoms with E-state index in [-0.39, 0.29) is 24.2 Å². The van der Waals surface area contributed by atoms with Crippen molar-refractivity contribution in [2.75, 3.05) is 13.1 Å².